The molecular formula is C15H14BrClO2S. The van der Waals surface area contributed by atoms with Gasteiger partial charge in [0.1, 0.15) is 0 Å². The molecule has 0 saturated carbocycles. The van der Waals surface area contributed by atoms with Gasteiger partial charge in [0, 0.05) is 4.47 Å². The molecule has 0 atom stereocenters. The number of aryl methyl sites for hydroxylation is 1. The van der Waals surface area contributed by atoms with Crippen molar-refractivity contribution in [3.63, 3.8) is 0 Å². The van der Waals surface area contributed by atoms with Gasteiger partial charge in [-0.3, -0.25) is 0 Å². The van der Waals surface area contributed by atoms with Crippen LogP contribution in [0.2, 0.25) is 5.02 Å². The molecule has 0 aliphatic carbocycles. The van der Waals surface area contributed by atoms with Gasteiger partial charge in [0.25, 0.3) is 0 Å². The summed E-state index contributed by atoms with van der Waals surface area (Å²) in [5.74, 6) is -0.0446. The van der Waals surface area contributed by atoms with Gasteiger partial charge >= 0.3 is 0 Å². The molecule has 0 aliphatic rings. The zero-order chi connectivity index (χ0) is 14.8. The fourth-order valence-electron chi connectivity index (χ4n) is 1.98. The van der Waals surface area contributed by atoms with Crippen LogP contribution in [0.3, 0.4) is 0 Å². The Morgan fingerprint density at radius 3 is 2.50 bits per heavy atom. The van der Waals surface area contributed by atoms with Gasteiger partial charge in [0.2, 0.25) is 0 Å². The van der Waals surface area contributed by atoms with Crippen LogP contribution in [0.4, 0.5) is 0 Å². The van der Waals surface area contributed by atoms with E-state index in [1.54, 1.807) is 18.2 Å². The molecule has 0 aromatic heterocycles. The molecule has 0 N–H and O–H groups in total. The number of sulfone groups is 1. The molecule has 2 rings (SSSR count). The van der Waals surface area contributed by atoms with E-state index in [2.05, 4.69) is 15.9 Å². The second-order valence-corrected chi connectivity index (χ2v) is 7.69. The minimum atomic E-state index is -3.43. The molecule has 0 aliphatic heterocycles. The normalized spacial score (nSPS) is 11.6. The lowest BCUT2D eigenvalue weighted by Crippen LogP contribution is -2.06. The lowest BCUT2D eigenvalue weighted by atomic mass is 10.1. The molecule has 0 saturated heterocycles. The summed E-state index contributed by atoms with van der Waals surface area (Å²) in [5.41, 5.74) is 1.86. The zero-order valence-corrected chi connectivity index (χ0v) is 14.1. The molecule has 0 heterocycles. The van der Waals surface area contributed by atoms with Crippen molar-refractivity contribution >= 4 is 37.4 Å². The highest BCUT2D eigenvalue weighted by Gasteiger charge is 2.18. The van der Waals surface area contributed by atoms with Crippen molar-refractivity contribution in [1.29, 1.82) is 0 Å². The number of rotatable bonds is 4. The van der Waals surface area contributed by atoms with Crippen molar-refractivity contribution in [2.75, 3.05) is 0 Å². The minimum absolute atomic E-state index is 0.0446. The summed E-state index contributed by atoms with van der Waals surface area (Å²) in [6.45, 7) is 2.03. The van der Waals surface area contributed by atoms with Gasteiger partial charge in [-0.25, -0.2) is 8.42 Å². The van der Waals surface area contributed by atoms with Gasteiger partial charge in [-0.1, -0.05) is 58.7 Å². The maximum atomic E-state index is 12.4. The van der Waals surface area contributed by atoms with Gasteiger partial charge in [-0.05, 0) is 35.7 Å². The molecule has 0 spiro atoms. The van der Waals surface area contributed by atoms with E-state index in [1.165, 1.54) is 6.07 Å². The first-order valence-corrected chi connectivity index (χ1v) is 9.01. The number of hydrogen-bond donors (Lipinski definition) is 0. The van der Waals surface area contributed by atoms with Crippen LogP contribution >= 0.6 is 27.5 Å². The molecule has 5 heteroatoms. The van der Waals surface area contributed by atoms with Crippen molar-refractivity contribution in [2.45, 2.75) is 24.0 Å². The standard InChI is InChI=1S/C15H14BrClO2S/c1-2-12-9-11(7-8-13(12)16)10-20(18,19)15-6-4-3-5-14(15)17/h3-9H,2,10H2,1H3. The Morgan fingerprint density at radius 1 is 1.15 bits per heavy atom. The summed E-state index contributed by atoms with van der Waals surface area (Å²) in [6.07, 6.45) is 0.848. The molecule has 0 unspecified atom stereocenters. The van der Waals surface area contributed by atoms with Crippen molar-refractivity contribution in [3.8, 4) is 0 Å². The molecule has 0 bridgehead atoms. The predicted molar refractivity (Wildman–Crippen MR) is 85.9 cm³/mol. The van der Waals surface area contributed by atoms with E-state index < -0.39 is 9.84 Å². The molecule has 2 aromatic carbocycles. The van der Waals surface area contributed by atoms with Crippen molar-refractivity contribution in [1.82, 2.24) is 0 Å². The summed E-state index contributed by atoms with van der Waals surface area (Å²) in [6, 6.07) is 12.1. The van der Waals surface area contributed by atoms with E-state index in [4.69, 9.17) is 11.6 Å². The molecule has 20 heavy (non-hydrogen) atoms. The van der Waals surface area contributed by atoms with E-state index in [1.807, 2.05) is 25.1 Å². The van der Waals surface area contributed by atoms with E-state index in [-0.39, 0.29) is 15.7 Å². The Labute approximate surface area is 132 Å². The lowest BCUT2D eigenvalue weighted by Gasteiger charge is -2.08. The Balaban J connectivity index is 2.36. The predicted octanol–water partition coefficient (Wildman–Crippen LogP) is 4.64. The van der Waals surface area contributed by atoms with E-state index in [9.17, 15) is 8.42 Å². The first-order chi connectivity index (χ1) is 9.44. The van der Waals surface area contributed by atoms with E-state index in [0.29, 0.717) is 0 Å². The van der Waals surface area contributed by atoms with Crippen LogP contribution in [0.25, 0.3) is 0 Å². The zero-order valence-electron chi connectivity index (χ0n) is 10.9. The largest absolute Gasteiger partial charge is 0.223 e. The van der Waals surface area contributed by atoms with Gasteiger partial charge in [0.05, 0.1) is 15.7 Å². The molecule has 2 nitrogen and oxygen atoms in total. The minimum Gasteiger partial charge on any atom is -0.223 e. The maximum Gasteiger partial charge on any atom is 0.183 e. The van der Waals surface area contributed by atoms with Crippen LogP contribution in [0, 0.1) is 0 Å². The Morgan fingerprint density at radius 2 is 1.85 bits per heavy atom. The second kappa shape index (κ2) is 6.29. The average molecular weight is 374 g/mol. The highest BCUT2D eigenvalue weighted by molar-refractivity contribution is 9.10. The fourth-order valence-corrected chi connectivity index (χ4v) is 4.42. The van der Waals surface area contributed by atoms with Gasteiger partial charge in [0.15, 0.2) is 9.84 Å². The Hall–Kier alpha value is -0.840. The summed E-state index contributed by atoms with van der Waals surface area (Å²) in [4.78, 5) is 0.183. The first-order valence-electron chi connectivity index (χ1n) is 6.18. The van der Waals surface area contributed by atoms with Crippen LogP contribution < -0.4 is 0 Å². The first kappa shape index (κ1) is 15.5. The third-order valence-electron chi connectivity index (χ3n) is 3.02. The quantitative estimate of drug-likeness (QED) is 0.782. The van der Waals surface area contributed by atoms with Crippen LogP contribution in [0.15, 0.2) is 51.8 Å². The number of halogens is 2. The third-order valence-corrected chi connectivity index (χ3v) is 5.97. The summed E-state index contributed by atoms with van der Waals surface area (Å²) >= 11 is 9.43. The highest BCUT2D eigenvalue weighted by atomic mass is 79.9. The van der Waals surface area contributed by atoms with E-state index in [0.717, 1.165) is 22.0 Å². The van der Waals surface area contributed by atoms with Crippen LogP contribution in [-0.4, -0.2) is 8.42 Å². The number of hydrogen-bond acceptors (Lipinski definition) is 2. The topological polar surface area (TPSA) is 34.1 Å². The summed E-state index contributed by atoms with van der Waals surface area (Å²) in [7, 11) is -3.43. The smallest absolute Gasteiger partial charge is 0.183 e. The van der Waals surface area contributed by atoms with Crippen LogP contribution in [0.5, 0.6) is 0 Å². The summed E-state index contributed by atoms with van der Waals surface area (Å²) < 4.78 is 25.8. The molecule has 106 valence electrons. The monoisotopic (exact) mass is 372 g/mol. The van der Waals surface area contributed by atoms with E-state index >= 15 is 0 Å². The molecule has 0 fully saturated rings. The molecular weight excluding hydrogens is 360 g/mol. The van der Waals surface area contributed by atoms with Crippen LogP contribution in [0.1, 0.15) is 18.1 Å². The molecule has 0 amide bonds. The van der Waals surface area contributed by atoms with Crippen molar-refractivity contribution in [2.24, 2.45) is 0 Å². The second-order valence-electron chi connectivity index (χ2n) is 4.47. The van der Waals surface area contributed by atoms with Gasteiger partial charge < -0.3 is 0 Å². The molecule has 2 aromatic rings. The van der Waals surface area contributed by atoms with Crippen LogP contribution in [-0.2, 0) is 22.0 Å². The third kappa shape index (κ3) is 3.43. The fraction of sp³-hybridized carbons (Fsp3) is 0.200. The Kier molecular flexibility index (Phi) is 4.89. The lowest BCUT2D eigenvalue weighted by molar-refractivity contribution is 0.595. The molecule has 0 radical (unpaired) electrons. The van der Waals surface area contributed by atoms with Crippen molar-refractivity contribution < 1.29 is 8.42 Å². The SMILES string of the molecule is CCc1cc(CS(=O)(=O)c2ccccc2Cl)ccc1Br. The number of benzene rings is 2. The highest BCUT2D eigenvalue weighted by Crippen LogP contribution is 2.26. The summed E-state index contributed by atoms with van der Waals surface area (Å²) in [5, 5.41) is 0.264. The van der Waals surface area contributed by atoms with Gasteiger partial charge in [-0.15, -0.1) is 0 Å². The Bertz CT molecular complexity index is 726. The van der Waals surface area contributed by atoms with Crippen molar-refractivity contribution in [3.05, 3.63) is 63.1 Å². The maximum absolute atomic E-state index is 12.4. The van der Waals surface area contributed by atoms with Gasteiger partial charge in [-0.2, -0.15) is 0 Å². The average Bonchev–Trinajstić information content (AvgIpc) is 2.41.